The molecule has 1 aliphatic heterocycles. The summed E-state index contributed by atoms with van der Waals surface area (Å²) in [5.41, 5.74) is 0.713. The molecule has 1 aliphatic rings. The highest BCUT2D eigenvalue weighted by Gasteiger charge is 2.45. The fourth-order valence-corrected chi connectivity index (χ4v) is 3.30. The molecule has 1 fully saturated rings. The summed E-state index contributed by atoms with van der Waals surface area (Å²) in [4.78, 5) is 3.98. The number of unbranched alkanes of at least 4 members (excludes halogenated alkanes) is 1. The Balaban J connectivity index is 1.79. The van der Waals surface area contributed by atoms with Crippen LogP contribution in [0, 0.1) is 0 Å². The summed E-state index contributed by atoms with van der Waals surface area (Å²) in [6, 6.07) is 5.27. The summed E-state index contributed by atoms with van der Waals surface area (Å²) < 4.78 is 19.7. The van der Waals surface area contributed by atoms with E-state index in [0.29, 0.717) is 42.0 Å². The maximum absolute atomic E-state index is 6.41. The van der Waals surface area contributed by atoms with E-state index in [1.165, 1.54) is 6.33 Å². The van der Waals surface area contributed by atoms with Gasteiger partial charge in [-0.2, -0.15) is 5.10 Å². The fraction of sp³-hybridized carbons (Fsp3) is 0.529. The van der Waals surface area contributed by atoms with Crippen molar-refractivity contribution in [2.45, 2.75) is 38.2 Å². The second-order valence-electron chi connectivity index (χ2n) is 5.95. The number of aromatic nitrogens is 3. The third-order valence-corrected chi connectivity index (χ3v) is 4.53. The molecule has 0 N–H and O–H groups in total. The van der Waals surface area contributed by atoms with Gasteiger partial charge in [-0.1, -0.05) is 42.6 Å². The number of benzene rings is 1. The highest BCUT2D eigenvalue weighted by atomic mass is 35.5. The Kier molecular flexibility index (Phi) is 6.30. The van der Waals surface area contributed by atoms with Crippen molar-refractivity contribution < 1.29 is 14.2 Å². The molecule has 25 heavy (non-hydrogen) atoms. The Bertz CT molecular complexity index is 684. The smallest absolute Gasteiger partial charge is 0.217 e. The molecule has 1 saturated heterocycles. The lowest BCUT2D eigenvalue weighted by atomic mass is 10.1. The molecule has 8 heteroatoms. The zero-order chi connectivity index (χ0) is 17.7. The number of rotatable bonds is 8. The fourth-order valence-electron chi connectivity index (χ4n) is 2.74. The summed E-state index contributed by atoms with van der Waals surface area (Å²) in [5.74, 6) is -1.05. The summed E-state index contributed by atoms with van der Waals surface area (Å²) in [6.07, 6.45) is 5.03. The predicted octanol–water partition coefficient (Wildman–Crippen LogP) is 3.67. The minimum absolute atomic E-state index is 0.174. The molecule has 1 aromatic carbocycles. The van der Waals surface area contributed by atoms with Gasteiger partial charge < -0.3 is 14.2 Å². The molecular weight excluding hydrogens is 365 g/mol. The van der Waals surface area contributed by atoms with Gasteiger partial charge >= 0.3 is 0 Å². The first-order chi connectivity index (χ1) is 12.1. The van der Waals surface area contributed by atoms with Crippen molar-refractivity contribution in [3.63, 3.8) is 0 Å². The van der Waals surface area contributed by atoms with E-state index in [1.54, 1.807) is 23.1 Å². The van der Waals surface area contributed by atoms with Crippen LogP contribution in [-0.4, -0.2) is 40.7 Å². The van der Waals surface area contributed by atoms with Gasteiger partial charge in [0.15, 0.2) is 0 Å². The predicted molar refractivity (Wildman–Crippen MR) is 94.7 cm³/mol. The van der Waals surface area contributed by atoms with Gasteiger partial charge in [0.1, 0.15) is 25.3 Å². The van der Waals surface area contributed by atoms with E-state index in [-0.39, 0.29) is 6.10 Å². The summed E-state index contributed by atoms with van der Waals surface area (Å²) in [5, 5.41) is 5.20. The molecule has 3 rings (SSSR count). The molecule has 0 radical (unpaired) electrons. The average molecular weight is 386 g/mol. The molecule has 136 valence electrons. The Morgan fingerprint density at radius 3 is 3.00 bits per heavy atom. The Hall–Kier alpha value is -1.18. The van der Waals surface area contributed by atoms with Crippen LogP contribution in [0.1, 0.15) is 25.3 Å². The zero-order valence-corrected chi connectivity index (χ0v) is 15.5. The number of ether oxygens (including phenoxy) is 3. The number of halogens is 2. The van der Waals surface area contributed by atoms with Gasteiger partial charge in [-0.05, 0) is 18.6 Å². The first-order valence-corrected chi connectivity index (χ1v) is 9.06. The van der Waals surface area contributed by atoms with Gasteiger partial charge in [0.2, 0.25) is 5.79 Å². The molecule has 2 heterocycles. The van der Waals surface area contributed by atoms with Crippen LogP contribution in [0.4, 0.5) is 0 Å². The third-order valence-electron chi connectivity index (χ3n) is 3.98. The lowest BCUT2D eigenvalue weighted by Gasteiger charge is -2.29. The van der Waals surface area contributed by atoms with Crippen LogP contribution >= 0.6 is 23.2 Å². The maximum atomic E-state index is 6.41. The molecule has 0 saturated carbocycles. The maximum Gasteiger partial charge on any atom is 0.217 e. The van der Waals surface area contributed by atoms with Crippen molar-refractivity contribution in [1.29, 1.82) is 0 Å². The Labute approximate surface area is 157 Å². The molecule has 0 aliphatic carbocycles. The monoisotopic (exact) mass is 385 g/mol. The van der Waals surface area contributed by atoms with E-state index in [4.69, 9.17) is 37.4 Å². The van der Waals surface area contributed by atoms with Crippen LogP contribution in [0.25, 0.3) is 0 Å². The van der Waals surface area contributed by atoms with Crippen molar-refractivity contribution >= 4 is 23.2 Å². The van der Waals surface area contributed by atoms with E-state index in [2.05, 4.69) is 17.0 Å². The van der Waals surface area contributed by atoms with Crippen molar-refractivity contribution in [3.8, 4) is 0 Å². The minimum Gasteiger partial charge on any atom is -0.379 e. The standard InChI is InChI=1S/C17H21Cl2N3O3/c1-2-3-6-23-8-14-9-24-17(25-14,10-22-12-20-11-21-22)15-5-4-13(18)7-16(15)19/h4-5,7,11-12,14H,2-3,6,8-10H2,1H3. The van der Waals surface area contributed by atoms with E-state index in [0.717, 1.165) is 12.8 Å². The first-order valence-electron chi connectivity index (χ1n) is 8.30. The van der Waals surface area contributed by atoms with Gasteiger partial charge in [-0.3, -0.25) is 0 Å². The van der Waals surface area contributed by atoms with Gasteiger partial charge in [-0.15, -0.1) is 0 Å². The van der Waals surface area contributed by atoms with Crippen LogP contribution in [0.15, 0.2) is 30.9 Å². The molecule has 0 spiro atoms. The second-order valence-corrected chi connectivity index (χ2v) is 6.79. The van der Waals surface area contributed by atoms with Crippen molar-refractivity contribution in [2.24, 2.45) is 0 Å². The van der Waals surface area contributed by atoms with Crippen molar-refractivity contribution in [1.82, 2.24) is 14.8 Å². The summed E-state index contributed by atoms with van der Waals surface area (Å²) >= 11 is 12.4. The van der Waals surface area contributed by atoms with Crippen LogP contribution < -0.4 is 0 Å². The molecule has 0 bridgehead atoms. The van der Waals surface area contributed by atoms with E-state index < -0.39 is 5.79 Å². The van der Waals surface area contributed by atoms with Gasteiger partial charge in [-0.25, -0.2) is 9.67 Å². The second kappa shape index (κ2) is 8.47. The lowest BCUT2D eigenvalue weighted by Crippen LogP contribution is -2.35. The topological polar surface area (TPSA) is 58.4 Å². The highest BCUT2D eigenvalue weighted by Crippen LogP contribution is 2.40. The van der Waals surface area contributed by atoms with Crippen molar-refractivity contribution in [3.05, 3.63) is 46.5 Å². The molecule has 0 amide bonds. The average Bonchev–Trinajstić information content (AvgIpc) is 3.22. The summed E-state index contributed by atoms with van der Waals surface area (Å²) in [7, 11) is 0. The molecule has 6 nitrogen and oxygen atoms in total. The zero-order valence-electron chi connectivity index (χ0n) is 14.0. The largest absolute Gasteiger partial charge is 0.379 e. The van der Waals surface area contributed by atoms with Gasteiger partial charge in [0.25, 0.3) is 0 Å². The molecular formula is C17H21Cl2N3O3. The van der Waals surface area contributed by atoms with Crippen LogP contribution in [0.3, 0.4) is 0 Å². The van der Waals surface area contributed by atoms with E-state index in [1.807, 2.05) is 6.07 Å². The first kappa shape index (κ1) is 18.6. The van der Waals surface area contributed by atoms with E-state index >= 15 is 0 Å². The van der Waals surface area contributed by atoms with Gasteiger partial charge in [0, 0.05) is 17.2 Å². The van der Waals surface area contributed by atoms with Gasteiger partial charge in [0.05, 0.1) is 18.2 Å². The van der Waals surface area contributed by atoms with Crippen LogP contribution in [0.2, 0.25) is 10.0 Å². The molecule has 2 atom stereocenters. The number of nitrogens with zero attached hydrogens (tertiary/aromatic N) is 3. The minimum atomic E-state index is -1.05. The normalized spacial score (nSPS) is 23.2. The van der Waals surface area contributed by atoms with Crippen molar-refractivity contribution in [2.75, 3.05) is 19.8 Å². The Morgan fingerprint density at radius 1 is 1.40 bits per heavy atom. The number of hydrogen-bond acceptors (Lipinski definition) is 5. The highest BCUT2D eigenvalue weighted by molar-refractivity contribution is 6.35. The van der Waals surface area contributed by atoms with Crippen LogP contribution in [-0.2, 0) is 26.5 Å². The SMILES string of the molecule is CCCCOCC1COC(Cn2cncn2)(c2ccc(Cl)cc2Cl)O1. The van der Waals surface area contributed by atoms with Crippen LogP contribution in [0.5, 0.6) is 0 Å². The van der Waals surface area contributed by atoms with E-state index in [9.17, 15) is 0 Å². The molecule has 1 aromatic heterocycles. The summed E-state index contributed by atoms with van der Waals surface area (Å²) in [6.45, 7) is 4.07. The molecule has 2 aromatic rings. The number of hydrogen-bond donors (Lipinski definition) is 0. The lowest BCUT2D eigenvalue weighted by molar-refractivity contribution is -0.193. The molecule has 2 unspecified atom stereocenters. The Morgan fingerprint density at radius 2 is 2.28 bits per heavy atom. The quantitative estimate of drug-likeness (QED) is 0.648. The third kappa shape index (κ3) is 4.51.